The topological polar surface area (TPSA) is 29.1 Å². The molecular formula is C11H11NO. The molecule has 2 heteroatoms. The second-order valence-electron chi connectivity index (χ2n) is 4.08. The van der Waals surface area contributed by atoms with Crippen LogP contribution in [0.2, 0.25) is 0 Å². The van der Waals surface area contributed by atoms with Gasteiger partial charge in [-0.1, -0.05) is 18.2 Å². The Morgan fingerprint density at radius 3 is 2.46 bits per heavy atom. The van der Waals surface area contributed by atoms with E-state index in [1.807, 2.05) is 30.3 Å². The summed E-state index contributed by atoms with van der Waals surface area (Å²) >= 11 is 0. The van der Waals surface area contributed by atoms with Crippen molar-refractivity contribution >= 4 is 11.6 Å². The normalized spacial score (nSPS) is 33.4. The third kappa shape index (κ3) is 0.981. The zero-order valence-electron chi connectivity index (χ0n) is 7.29. The molecule has 2 fully saturated rings. The van der Waals surface area contributed by atoms with Gasteiger partial charge in [-0.2, -0.15) is 0 Å². The largest absolute Gasteiger partial charge is 0.326 e. The molecule has 2 saturated carbocycles. The maximum atomic E-state index is 11.6. The van der Waals surface area contributed by atoms with Crippen LogP contribution >= 0.6 is 0 Å². The average molecular weight is 173 g/mol. The van der Waals surface area contributed by atoms with Crippen LogP contribution in [0.3, 0.4) is 0 Å². The lowest BCUT2D eigenvalue weighted by molar-refractivity contribution is -0.119. The summed E-state index contributed by atoms with van der Waals surface area (Å²) in [5, 5.41) is 2.95. The number of hydrogen-bond acceptors (Lipinski definition) is 1. The second-order valence-corrected chi connectivity index (χ2v) is 4.08. The Kier molecular flexibility index (Phi) is 1.17. The first-order valence-electron chi connectivity index (χ1n) is 4.68. The Bertz CT molecular complexity index is 352. The molecule has 1 aromatic rings. The Labute approximate surface area is 77.0 Å². The van der Waals surface area contributed by atoms with Crippen molar-refractivity contribution in [1.29, 1.82) is 0 Å². The van der Waals surface area contributed by atoms with Gasteiger partial charge in [0.1, 0.15) is 0 Å². The number of benzene rings is 1. The van der Waals surface area contributed by atoms with Crippen molar-refractivity contribution in [2.24, 2.45) is 11.3 Å². The van der Waals surface area contributed by atoms with Gasteiger partial charge in [-0.15, -0.1) is 0 Å². The van der Waals surface area contributed by atoms with Gasteiger partial charge < -0.3 is 5.32 Å². The van der Waals surface area contributed by atoms with Crippen LogP contribution in [0.15, 0.2) is 30.3 Å². The molecule has 0 bridgehead atoms. The Morgan fingerprint density at radius 1 is 1.31 bits per heavy atom. The summed E-state index contributed by atoms with van der Waals surface area (Å²) in [7, 11) is 0. The van der Waals surface area contributed by atoms with E-state index in [2.05, 4.69) is 5.32 Å². The fraction of sp³-hybridized carbons (Fsp3) is 0.364. The molecule has 66 valence electrons. The number of anilines is 1. The minimum atomic E-state index is 0.0792. The molecule has 0 unspecified atom stereocenters. The summed E-state index contributed by atoms with van der Waals surface area (Å²) in [6.07, 6.45) is 2.23. The highest BCUT2D eigenvalue weighted by molar-refractivity contribution is 6.00. The molecule has 1 amide bonds. The van der Waals surface area contributed by atoms with E-state index in [1.165, 1.54) is 0 Å². The summed E-state index contributed by atoms with van der Waals surface area (Å²) in [5.41, 5.74) is 0.995. The van der Waals surface area contributed by atoms with E-state index in [-0.39, 0.29) is 11.3 Å². The molecule has 0 heterocycles. The third-order valence-electron chi connectivity index (χ3n) is 3.17. The van der Waals surface area contributed by atoms with E-state index in [4.69, 9.17) is 0 Å². The number of amides is 1. The Balaban J connectivity index is 1.72. The van der Waals surface area contributed by atoms with Crippen LogP contribution in [-0.2, 0) is 4.79 Å². The van der Waals surface area contributed by atoms with Crippen LogP contribution in [0, 0.1) is 11.3 Å². The van der Waals surface area contributed by atoms with Gasteiger partial charge >= 0.3 is 0 Å². The second kappa shape index (κ2) is 2.13. The number of hydrogen-bond donors (Lipinski definition) is 1. The molecule has 2 aliphatic rings. The standard InChI is InChI=1S/C11H11NO/c13-10(11-6-8(11)7-11)12-9-4-2-1-3-5-9/h1-5,8H,6-7H2,(H,12,13). The highest BCUT2D eigenvalue weighted by Crippen LogP contribution is 2.75. The van der Waals surface area contributed by atoms with Crippen molar-refractivity contribution in [3.63, 3.8) is 0 Å². The number of fused-ring (bicyclic) bond motifs is 1. The first-order chi connectivity index (χ1) is 6.31. The molecule has 0 aliphatic heterocycles. The molecule has 0 radical (unpaired) electrons. The monoisotopic (exact) mass is 173 g/mol. The molecule has 13 heavy (non-hydrogen) atoms. The molecule has 1 N–H and O–H groups in total. The maximum Gasteiger partial charge on any atom is 0.230 e. The van der Waals surface area contributed by atoms with Crippen LogP contribution in [0.5, 0.6) is 0 Å². The van der Waals surface area contributed by atoms with Crippen molar-refractivity contribution in [2.75, 3.05) is 5.32 Å². The molecule has 0 atom stereocenters. The highest BCUT2D eigenvalue weighted by Gasteiger charge is 2.74. The predicted molar refractivity (Wildman–Crippen MR) is 50.2 cm³/mol. The van der Waals surface area contributed by atoms with Crippen LogP contribution in [-0.4, -0.2) is 5.91 Å². The molecular weight excluding hydrogens is 162 g/mol. The van der Waals surface area contributed by atoms with Crippen LogP contribution in [0.1, 0.15) is 12.8 Å². The molecule has 0 aromatic heterocycles. The predicted octanol–water partition coefficient (Wildman–Crippen LogP) is 2.04. The van der Waals surface area contributed by atoms with Crippen molar-refractivity contribution in [3.05, 3.63) is 30.3 Å². The average Bonchev–Trinajstić information content (AvgIpc) is 2.92. The van der Waals surface area contributed by atoms with Crippen molar-refractivity contribution in [2.45, 2.75) is 12.8 Å². The van der Waals surface area contributed by atoms with Gasteiger partial charge in [0.25, 0.3) is 0 Å². The van der Waals surface area contributed by atoms with E-state index in [9.17, 15) is 4.79 Å². The van der Waals surface area contributed by atoms with Crippen molar-refractivity contribution < 1.29 is 4.79 Å². The van der Waals surface area contributed by atoms with E-state index in [0.717, 1.165) is 24.4 Å². The van der Waals surface area contributed by atoms with Gasteiger partial charge in [-0.05, 0) is 30.9 Å². The third-order valence-corrected chi connectivity index (χ3v) is 3.17. The van der Waals surface area contributed by atoms with E-state index in [0.29, 0.717) is 0 Å². The minimum Gasteiger partial charge on any atom is -0.326 e. The number of nitrogens with one attached hydrogen (secondary N) is 1. The Morgan fingerprint density at radius 2 is 1.92 bits per heavy atom. The molecule has 2 nitrogen and oxygen atoms in total. The molecule has 2 aliphatic carbocycles. The smallest absolute Gasteiger partial charge is 0.230 e. The molecule has 1 aromatic carbocycles. The van der Waals surface area contributed by atoms with Crippen LogP contribution < -0.4 is 5.32 Å². The Hall–Kier alpha value is -1.31. The lowest BCUT2D eigenvalue weighted by Crippen LogP contribution is -2.17. The molecule has 0 saturated heterocycles. The maximum absolute atomic E-state index is 11.6. The first-order valence-corrected chi connectivity index (χ1v) is 4.68. The lowest BCUT2D eigenvalue weighted by Gasteiger charge is -2.05. The summed E-state index contributed by atoms with van der Waals surface area (Å²) in [4.78, 5) is 11.6. The summed E-state index contributed by atoms with van der Waals surface area (Å²) in [5.74, 6) is 0.944. The van der Waals surface area contributed by atoms with Gasteiger partial charge in [0.15, 0.2) is 0 Å². The van der Waals surface area contributed by atoms with E-state index >= 15 is 0 Å². The van der Waals surface area contributed by atoms with Gasteiger partial charge in [-0.25, -0.2) is 0 Å². The lowest BCUT2D eigenvalue weighted by atomic mass is 10.2. The van der Waals surface area contributed by atoms with Gasteiger partial charge in [0, 0.05) is 5.69 Å². The zero-order valence-corrected chi connectivity index (χ0v) is 7.29. The first kappa shape index (κ1) is 7.13. The van der Waals surface area contributed by atoms with Gasteiger partial charge in [0.05, 0.1) is 5.41 Å². The fourth-order valence-corrected chi connectivity index (χ4v) is 1.85. The highest BCUT2D eigenvalue weighted by atomic mass is 16.2. The van der Waals surface area contributed by atoms with Crippen LogP contribution in [0.25, 0.3) is 0 Å². The number of carbonyl (C=O) groups is 1. The van der Waals surface area contributed by atoms with E-state index in [1.54, 1.807) is 0 Å². The molecule has 0 spiro atoms. The van der Waals surface area contributed by atoms with Crippen LogP contribution in [0.4, 0.5) is 5.69 Å². The number of para-hydroxylation sites is 1. The molecule has 3 rings (SSSR count). The van der Waals surface area contributed by atoms with Crippen molar-refractivity contribution in [3.8, 4) is 0 Å². The fourth-order valence-electron chi connectivity index (χ4n) is 1.85. The zero-order chi connectivity index (χ0) is 8.89. The summed E-state index contributed by atoms with van der Waals surface area (Å²) in [6.45, 7) is 0. The number of rotatable bonds is 2. The quantitative estimate of drug-likeness (QED) is 0.728. The van der Waals surface area contributed by atoms with E-state index < -0.39 is 0 Å². The summed E-state index contributed by atoms with van der Waals surface area (Å²) in [6, 6.07) is 9.67. The van der Waals surface area contributed by atoms with Crippen molar-refractivity contribution in [1.82, 2.24) is 0 Å². The van der Waals surface area contributed by atoms with Gasteiger partial charge in [-0.3, -0.25) is 4.79 Å². The SMILES string of the molecule is O=C(Nc1ccccc1)C12CC1C2. The summed E-state index contributed by atoms with van der Waals surface area (Å²) < 4.78 is 0. The minimum absolute atomic E-state index is 0.0792. The van der Waals surface area contributed by atoms with Gasteiger partial charge in [0.2, 0.25) is 5.91 Å². The number of carbonyl (C=O) groups excluding carboxylic acids is 1.